The number of benzene rings is 1. The van der Waals surface area contributed by atoms with E-state index in [0.717, 1.165) is 0 Å². The van der Waals surface area contributed by atoms with Crippen molar-refractivity contribution in [2.45, 2.75) is 0 Å². The molecule has 1 aromatic heterocycles. The number of aromatic hydroxyl groups is 1. The summed E-state index contributed by atoms with van der Waals surface area (Å²) < 4.78 is 4.79. The SMILES string of the molecule is O=c1oc2c(O)cccc2cc1Cl. The van der Waals surface area contributed by atoms with Gasteiger partial charge in [-0.3, -0.25) is 0 Å². The molecule has 0 fully saturated rings. The zero-order chi connectivity index (χ0) is 9.42. The quantitative estimate of drug-likeness (QED) is 0.657. The Morgan fingerprint density at radius 3 is 2.92 bits per heavy atom. The van der Waals surface area contributed by atoms with Crippen LogP contribution in [0.2, 0.25) is 5.02 Å². The van der Waals surface area contributed by atoms with Crippen LogP contribution in [-0.2, 0) is 0 Å². The van der Waals surface area contributed by atoms with Gasteiger partial charge in [0.1, 0.15) is 5.02 Å². The summed E-state index contributed by atoms with van der Waals surface area (Å²) in [6.07, 6.45) is 0. The minimum absolute atomic E-state index is 0.0121. The molecule has 0 aliphatic carbocycles. The second kappa shape index (κ2) is 2.78. The van der Waals surface area contributed by atoms with Crippen LogP contribution in [0.5, 0.6) is 5.75 Å². The van der Waals surface area contributed by atoms with Crippen molar-refractivity contribution in [3.8, 4) is 5.75 Å². The van der Waals surface area contributed by atoms with E-state index in [1.807, 2.05) is 0 Å². The Bertz CT molecular complexity index is 516. The average Bonchev–Trinajstić information content (AvgIpc) is 2.09. The Morgan fingerprint density at radius 1 is 1.38 bits per heavy atom. The van der Waals surface area contributed by atoms with Crippen LogP contribution in [-0.4, -0.2) is 5.11 Å². The van der Waals surface area contributed by atoms with Crippen LogP contribution in [0.3, 0.4) is 0 Å². The number of halogens is 1. The summed E-state index contributed by atoms with van der Waals surface area (Å²) in [4.78, 5) is 11.0. The molecular weight excluding hydrogens is 192 g/mol. The van der Waals surface area contributed by atoms with Gasteiger partial charge in [0, 0.05) is 5.39 Å². The molecule has 1 heterocycles. The van der Waals surface area contributed by atoms with Gasteiger partial charge in [-0.15, -0.1) is 0 Å². The summed E-state index contributed by atoms with van der Waals surface area (Å²) in [6, 6.07) is 6.25. The first-order valence-electron chi connectivity index (χ1n) is 3.60. The Morgan fingerprint density at radius 2 is 2.15 bits per heavy atom. The van der Waals surface area contributed by atoms with Crippen LogP contribution in [0.15, 0.2) is 33.5 Å². The number of hydrogen-bond acceptors (Lipinski definition) is 3. The third-order valence-electron chi connectivity index (χ3n) is 1.70. The summed E-state index contributed by atoms with van der Waals surface area (Å²) in [7, 11) is 0. The standard InChI is InChI=1S/C9H5ClO3/c10-6-4-5-2-1-3-7(11)8(5)13-9(6)12/h1-4,11H. The summed E-state index contributed by atoms with van der Waals surface area (Å²) in [5.74, 6) is -0.0636. The molecule has 0 aliphatic rings. The maximum atomic E-state index is 11.0. The van der Waals surface area contributed by atoms with Crippen molar-refractivity contribution in [2.75, 3.05) is 0 Å². The molecule has 2 aromatic rings. The maximum Gasteiger partial charge on any atom is 0.355 e. The third-order valence-corrected chi connectivity index (χ3v) is 1.96. The summed E-state index contributed by atoms with van der Waals surface area (Å²) in [5, 5.41) is 9.92. The van der Waals surface area contributed by atoms with Gasteiger partial charge in [0.2, 0.25) is 0 Å². The lowest BCUT2D eigenvalue weighted by Gasteiger charge is -1.98. The van der Waals surface area contributed by atoms with E-state index >= 15 is 0 Å². The molecule has 4 heteroatoms. The molecule has 0 bridgehead atoms. The van der Waals surface area contributed by atoms with Crippen LogP contribution >= 0.6 is 11.6 Å². The molecule has 0 saturated heterocycles. The molecule has 66 valence electrons. The van der Waals surface area contributed by atoms with Crippen molar-refractivity contribution in [2.24, 2.45) is 0 Å². The Hall–Kier alpha value is -1.48. The van der Waals surface area contributed by atoms with Gasteiger partial charge in [0.15, 0.2) is 11.3 Å². The molecule has 0 amide bonds. The first-order chi connectivity index (χ1) is 6.18. The van der Waals surface area contributed by atoms with Crippen molar-refractivity contribution in [1.29, 1.82) is 0 Å². The molecule has 0 atom stereocenters. The molecule has 0 saturated carbocycles. The second-order valence-corrected chi connectivity index (χ2v) is 2.98. The molecule has 0 radical (unpaired) electrons. The van der Waals surface area contributed by atoms with Gasteiger partial charge in [0.25, 0.3) is 0 Å². The molecule has 13 heavy (non-hydrogen) atoms. The van der Waals surface area contributed by atoms with Crippen molar-refractivity contribution >= 4 is 22.6 Å². The van der Waals surface area contributed by atoms with Crippen LogP contribution in [0.4, 0.5) is 0 Å². The normalized spacial score (nSPS) is 10.5. The van der Waals surface area contributed by atoms with Gasteiger partial charge in [-0.1, -0.05) is 23.7 Å². The number of fused-ring (bicyclic) bond motifs is 1. The van der Waals surface area contributed by atoms with Crippen LogP contribution < -0.4 is 5.63 Å². The largest absolute Gasteiger partial charge is 0.504 e. The zero-order valence-electron chi connectivity index (χ0n) is 6.45. The van der Waals surface area contributed by atoms with Crippen molar-refractivity contribution < 1.29 is 9.52 Å². The minimum Gasteiger partial charge on any atom is -0.504 e. The molecule has 0 unspecified atom stereocenters. The first-order valence-corrected chi connectivity index (χ1v) is 3.97. The highest BCUT2D eigenvalue weighted by Crippen LogP contribution is 2.24. The maximum absolute atomic E-state index is 11.0. The van der Waals surface area contributed by atoms with E-state index in [0.29, 0.717) is 5.39 Å². The van der Waals surface area contributed by atoms with Crippen LogP contribution in [0, 0.1) is 0 Å². The third kappa shape index (κ3) is 1.27. The lowest BCUT2D eigenvalue weighted by atomic mass is 10.2. The number of phenols is 1. The smallest absolute Gasteiger partial charge is 0.355 e. The second-order valence-electron chi connectivity index (χ2n) is 2.58. The number of para-hydroxylation sites is 1. The summed E-state index contributed by atoms with van der Waals surface area (Å²) >= 11 is 5.55. The van der Waals surface area contributed by atoms with Crippen molar-refractivity contribution in [3.63, 3.8) is 0 Å². The van der Waals surface area contributed by atoms with Gasteiger partial charge in [0.05, 0.1) is 0 Å². The Kier molecular flexibility index (Phi) is 1.74. The lowest BCUT2D eigenvalue weighted by molar-refractivity contribution is 0.457. The van der Waals surface area contributed by atoms with Gasteiger partial charge in [-0.25, -0.2) is 4.79 Å². The summed E-state index contributed by atoms with van der Waals surface area (Å²) in [5.41, 5.74) is -0.479. The van der Waals surface area contributed by atoms with E-state index in [1.165, 1.54) is 12.1 Å². The fourth-order valence-corrected chi connectivity index (χ4v) is 1.26. The highest BCUT2D eigenvalue weighted by Gasteiger charge is 2.05. The lowest BCUT2D eigenvalue weighted by Crippen LogP contribution is -1.97. The average molecular weight is 197 g/mol. The molecule has 0 spiro atoms. The summed E-state index contributed by atoms with van der Waals surface area (Å²) in [6.45, 7) is 0. The molecule has 1 N–H and O–H groups in total. The van der Waals surface area contributed by atoms with E-state index < -0.39 is 5.63 Å². The number of phenolic OH excluding ortho intramolecular Hbond substituents is 1. The topological polar surface area (TPSA) is 50.4 Å². The Balaban J connectivity index is 2.97. The predicted molar refractivity (Wildman–Crippen MR) is 49.2 cm³/mol. The van der Waals surface area contributed by atoms with E-state index in [1.54, 1.807) is 12.1 Å². The van der Waals surface area contributed by atoms with Gasteiger partial charge >= 0.3 is 5.63 Å². The molecule has 3 nitrogen and oxygen atoms in total. The predicted octanol–water partition coefficient (Wildman–Crippen LogP) is 2.15. The van der Waals surface area contributed by atoms with Gasteiger partial charge in [-0.2, -0.15) is 0 Å². The Labute approximate surface area is 78.2 Å². The minimum atomic E-state index is -0.643. The van der Waals surface area contributed by atoms with E-state index in [-0.39, 0.29) is 16.4 Å². The van der Waals surface area contributed by atoms with Crippen molar-refractivity contribution in [3.05, 3.63) is 39.7 Å². The fourth-order valence-electron chi connectivity index (χ4n) is 1.10. The fraction of sp³-hybridized carbons (Fsp3) is 0. The van der Waals surface area contributed by atoms with Crippen LogP contribution in [0.25, 0.3) is 11.0 Å². The van der Waals surface area contributed by atoms with Crippen LogP contribution in [0.1, 0.15) is 0 Å². The zero-order valence-corrected chi connectivity index (χ0v) is 7.21. The van der Waals surface area contributed by atoms with E-state index in [4.69, 9.17) is 16.0 Å². The highest BCUT2D eigenvalue weighted by atomic mass is 35.5. The molecule has 0 aliphatic heterocycles. The monoisotopic (exact) mass is 196 g/mol. The van der Waals surface area contributed by atoms with Gasteiger partial charge in [-0.05, 0) is 12.1 Å². The number of hydrogen-bond donors (Lipinski definition) is 1. The highest BCUT2D eigenvalue weighted by molar-refractivity contribution is 6.30. The van der Waals surface area contributed by atoms with Crippen molar-refractivity contribution in [1.82, 2.24) is 0 Å². The molecule has 1 aromatic carbocycles. The van der Waals surface area contributed by atoms with E-state index in [9.17, 15) is 9.90 Å². The molecular formula is C9H5ClO3. The number of rotatable bonds is 0. The first kappa shape index (κ1) is 8.13. The van der Waals surface area contributed by atoms with Gasteiger partial charge < -0.3 is 9.52 Å². The van der Waals surface area contributed by atoms with E-state index in [2.05, 4.69) is 0 Å². The molecule has 2 rings (SSSR count).